The molecular weight excluding hydrogens is 317 g/mol. The molecule has 0 saturated heterocycles. The van der Waals surface area contributed by atoms with Crippen molar-refractivity contribution in [3.8, 4) is 0 Å². The summed E-state index contributed by atoms with van der Waals surface area (Å²) in [5.74, 6) is 0.435. The van der Waals surface area contributed by atoms with Gasteiger partial charge in [-0.15, -0.1) is 0 Å². The Labute approximate surface area is 139 Å². The summed E-state index contributed by atoms with van der Waals surface area (Å²) in [6, 6.07) is 12.0. The van der Waals surface area contributed by atoms with Crippen LogP contribution in [0.4, 0.5) is 18.9 Å². The molecule has 2 aromatic carbocycles. The molecule has 130 valence electrons. The van der Waals surface area contributed by atoms with Gasteiger partial charge in [0.05, 0.1) is 18.2 Å². The SMILES string of the molecule is CC(C)c1ccc(NNC(CO)c2ccc(C(F)(F)F)cc2)cc1. The van der Waals surface area contributed by atoms with Crippen molar-refractivity contribution >= 4 is 5.69 Å². The molecule has 0 aliphatic carbocycles. The van der Waals surface area contributed by atoms with Gasteiger partial charge in [-0.3, -0.25) is 0 Å². The Morgan fingerprint density at radius 2 is 1.46 bits per heavy atom. The number of alkyl halides is 3. The lowest BCUT2D eigenvalue weighted by Crippen LogP contribution is -2.29. The third-order valence-corrected chi connectivity index (χ3v) is 3.79. The van der Waals surface area contributed by atoms with E-state index < -0.39 is 17.8 Å². The summed E-state index contributed by atoms with van der Waals surface area (Å²) >= 11 is 0. The van der Waals surface area contributed by atoms with Gasteiger partial charge in [0.2, 0.25) is 0 Å². The Hall–Kier alpha value is -2.05. The van der Waals surface area contributed by atoms with Crippen molar-refractivity contribution in [2.75, 3.05) is 12.0 Å². The van der Waals surface area contributed by atoms with Crippen LogP contribution in [0.15, 0.2) is 48.5 Å². The predicted octanol–water partition coefficient (Wildman–Crippen LogP) is 4.48. The van der Waals surface area contributed by atoms with Gasteiger partial charge >= 0.3 is 6.18 Å². The average molecular weight is 338 g/mol. The molecule has 1 atom stereocenters. The topological polar surface area (TPSA) is 44.3 Å². The highest BCUT2D eigenvalue weighted by Gasteiger charge is 2.30. The number of aliphatic hydroxyl groups is 1. The van der Waals surface area contributed by atoms with Crippen molar-refractivity contribution in [2.45, 2.75) is 32.0 Å². The molecule has 2 aromatic rings. The van der Waals surface area contributed by atoms with Crippen LogP contribution in [0, 0.1) is 0 Å². The zero-order valence-corrected chi connectivity index (χ0v) is 13.6. The first-order valence-electron chi connectivity index (χ1n) is 7.70. The van der Waals surface area contributed by atoms with E-state index in [1.54, 1.807) is 0 Å². The maximum atomic E-state index is 12.6. The number of halogens is 3. The predicted molar refractivity (Wildman–Crippen MR) is 88.6 cm³/mol. The molecule has 6 heteroatoms. The molecule has 0 radical (unpaired) electrons. The van der Waals surface area contributed by atoms with Crippen molar-refractivity contribution in [3.05, 3.63) is 65.2 Å². The molecule has 1 unspecified atom stereocenters. The highest BCUT2D eigenvalue weighted by molar-refractivity contribution is 5.44. The van der Waals surface area contributed by atoms with Crippen molar-refractivity contribution in [1.82, 2.24) is 5.43 Å². The van der Waals surface area contributed by atoms with E-state index in [9.17, 15) is 18.3 Å². The lowest BCUT2D eigenvalue weighted by atomic mass is 10.0. The maximum Gasteiger partial charge on any atom is 0.416 e. The monoisotopic (exact) mass is 338 g/mol. The van der Waals surface area contributed by atoms with Gasteiger partial charge in [-0.2, -0.15) is 13.2 Å². The van der Waals surface area contributed by atoms with Gasteiger partial charge in [-0.1, -0.05) is 38.1 Å². The molecular formula is C18H21F3N2O. The van der Waals surface area contributed by atoms with Gasteiger partial charge in [0.15, 0.2) is 0 Å². The second-order valence-corrected chi connectivity index (χ2v) is 5.90. The van der Waals surface area contributed by atoms with Crippen molar-refractivity contribution in [3.63, 3.8) is 0 Å². The second-order valence-electron chi connectivity index (χ2n) is 5.90. The van der Waals surface area contributed by atoms with E-state index in [1.807, 2.05) is 24.3 Å². The van der Waals surface area contributed by atoms with Crippen molar-refractivity contribution in [1.29, 1.82) is 0 Å². The minimum absolute atomic E-state index is 0.248. The van der Waals surface area contributed by atoms with Gasteiger partial charge < -0.3 is 10.5 Å². The van der Waals surface area contributed by atoms with Gasteiger partial charge in [-0.05, 0) is 41.3 Å². The summed E-state index contributed by atoms with van der Waals surface area (Å²) < 4.78 is 37.8. The lowest BCUT2D eigenvalue weighted by Gasteiger charge is -2.19. The maximum absolute atomic E-state index is 12.6. The second kappa shape index (κ2) is 7.68. The van der Waals surface area contributed by atoms with E-state index >= 15 is 0 Å². The Morgan fingerprint density at radius 3 is 1.92 bits per heavy atom. The number of hydrogen-bond donors (Lipinski definition) is 3. The number of nitrogens with one attached hydrogen (secondary N) is 2. The van der Waals surface area contributed by atoms with Crippen molar-refractivity contribution < 1.29 is 18.3 Å². The Kier molecular flexibility index (Phi) is 5.85. The van der Waals surface area contributed by atoms with E-state index in [-0.39, 0.29) is 6.61 Å². The molecule has 2 rings (SSSR count). The molecule has 0 bridgehead atoms. The number of rotatable bonds is 6. The fourth-order valence-corrected chi connectivity index (χ4v) is 2.26. The molecule has 0 fully saturated rings. The fraction of sp³-hybridized carbons (Fsp3) is 0.333. The number of anilines is 1. The van der Waals surface area contributed by atoms with Gasteiger partial charge in [0.25, 0.3) is 0 Å². The number of benzene rings is 2. The van der Waals surface area contributed by atoms with E-state index in [2.05, 4.69) is 24.7 Å². The van der Waals surface area contributed by atoms with Crippen LogP contribution in [-0.2, 0) is 6.18 Å². The minimum Gasteiger partial charge on any atom is -0.394 e. The van der Waals surface area contributed by atoms with Crippen LogP contribution in [0.5, 0.6) is 0 Å². The summed E-state index contributed by atoms with van der Waals surface area (Å²) in [5.41, 5.74) is 7.78. The van der Waals surface area contributed by atoms with Crippen LogP contribution in [-0.4, -0.2) is 11.7 Å². The third kappa shape index (κ3) is 4.72. The first-order valence-corrected chi connectivity index (χ1v) is 7.70. The van der Waals surface area contributed by atoms with E-state index in [0.29, 0.717) is 11.5 Å². The van der Waals surface area contributed by atoms with Gasteiger partial charge in [-0.25, -0.2) is 5.43 Å². The van der Waals surface area contributed by atoms with E-state index in [4.69, 9.17) is 0 Å². The Balaban J connectivity index is 2.01. The third-order valence-electron chi connectivity index (χ3n) is 3.79. The molecule has 0 aliphatic heterocycles. The van der Waals surface area contributed by atoms with Crippen LogP contribution >= 0.6 is 0 Å². The number of aliphatic hydroxyl groups excluding tert-OH is 1. The molecule has 0 amide bonds. The fourth-order valence-electron chi connectivity index (χ4n) is 2.26. The summed E-state index contributed by atoms with van der Waals surface area (Å²) in [6.45, 7) is 3.96. The molecule has 0 aromatic heterocycles. The molecule has 24 heavy (non-hydrogen) atoms. The minimum atomic E-state index is -4.36. The number of hydrogen-bond acceptors (Lipinski definition) is 3. The van der Waals surface area contributed by atoms with E-state index in [1.165, 1.54) is 17.7 Å². The summed E-state index contributed by atoms with van der Waals surface area (Å²) in [4.78, 5) is 0. The summed E-state index contributed by atoms with van der Waals surface area (Å²) in [6.07, 6.45) is -4.36. The van der Waals surface area contributed by atoms with Gasteiger partial charge in [0.1, 0.15) is 0 Å². The van der Waals surface area contributed by atoms with Gasteiger partial charge in [0, 0.05) is 5.69 Å². The zero-order chi connectivity index (χ0) is 17.7. The molecule has 0 spiro atoms. The molecule has 0 saturated carbocycles. The normalized spacial score (nSPS) is 13.1. The first-order chi connectivity index (χ1) is 11.3. The molecule has 0 aliphatic rings. The smallest absolute Gasteiger partial charge is 0.394 e. The lowest BCUT2D eigenvalue weighted by molar-refractivity contribution is -0.137. The number of hydrazine groups is 1. The average Bonchev–Trinajstić information content (AvgIpc) is 2.55. The first kappa shape index (κ1) is 18.3. The quantitative estimate of drug-likeness (QED) is 0.681. The largest absolute Gasteiger partial charge is 0.416 e. The van der Waals surface area contributed by atoms with Crippen LogP contribution in [0.25, 0.3) is 0 Å². The van der Waals surface area contributed by atoms with Crippen LogP contribution in [0.2, 0.25) is 0 Å². The summed E-state index contributed by atoms with van der Waals surface area (Å²) in [7, 11) is 0. The van der Waals surface area contributed by atoms with Crippen molar-refractivity contribution in [2.24, 2.45) is 0 Å². The molecule has 3 N–H and O–H groups in total. The summed E-state index contributed by atoms with van der Waals surface area (Å²) in [5, 5.41) is 9.48. The standard InChI is InChI=1S/C18H21F3N2O/c1-12(2)13-5-9-16(10-6-13)22-23-17(11-24)14-3-7-15(8-4-14)18(19,20)21/h3-10,12,17,22-24H,11H2,1-2H3. The zero-order valence-electron chi connectivity index (χ0n) is 13.6. The van der Waals surface area contributed by atoms with Crippen LogP contribution in [0.1, 0.15) is 42.5 Å². The Bertz CT molecular complexity index is 637. The molecule has 3 nitrogen and oxygen atoms in total. The Morgan fingerprint density at radius 1 is 0.917 bits per heavy atom. The van der Waals surface area contributed by atoms with E-state index in [0.717, 1.165) is 17.8 Å². The molecule has 0 heterocycles. The highest BCUT2D eigenvalue weighted by Crippen LogP contribution is 2.30. The van der Waals surface area contributed by atoms with Crippen LogP contribution < -0.4 is 10.9 Å². The van der Waals surface area contributed by atoms with Crippen LogP contribution in [0.3, 0.4) is 0 Å². The highest BCUT2D eigenvalue weighted by atomic mass is 19.4.